The molecular formula is C78H152O17P2. The number of carbonyl (C=O) groups excluding carboxylic acids is 4. The molecule has 17 nitrogen and oxygen atoms in total. The molecule has 0 fully saturated rings. The highest BCUT2D eigenvalue weighted by atomic mass is 31.2. The molecule has 19 heteroatoms. The van der Waals surface area contributed by atoms with Crippen molar-refractivity contribution in [1.82, 2.24) is 0 Å². The molecule has 0 aromatic carbocycles. The van der Waals surface area contributed by atoms with Crippen LogP contribution in [0.4, 0.5) is 0 Å². The predicted molar refractivity (Wildman–Crippen MR) is 395 cm³/mol. The van der Waals surface area contributed by atoms with Crippen LogP contribution in [0.5, 0.6) is 0 Å². The number of hydrogen-bond acceptors (Lipinski definition) is 15. The molecule has 3 N–H and O–H groups in total. The maximum atomic E-state index is 13.1. The van der Waals surface area contributed by atoms with Gasteiger partial charge in [0, 0.05) is 25.7 Å². The number of rotatable bonds is 77. The minimum atomic E-state index is -4.96. The Bertz CT molecular complexity index is 1870. The summed E-state index contributed by atoms with van der Waals surface area (Å²) in [6.07, 6.45) is 58.1. The van der Waals surface area contributed by atoms with Crippen LogP contribution < -0.4 is 0 Å². The van der Waals surface area contributed by atoms with E-state index in [1.54, 1.807) is 0 Å². The molecule has 6 atom stereocenters. The highest BCUT2D eigenvalue weighted by Gasteiger charge is 2.30. The van der Waals surface area contributed by atoms with E-state index >= 15 is 0 Å². The summed E-state index contributed by atoms with van der Waals surface area (Å²) in [5, 5.41) is 10.6. The molecule has 0 aliphatic carbocycles. The Morgan fingerprint density at radius 3 is 0.784 bits per heavy atom. The molecule has 0 spiro atoms. The zero-order valence-electron chi connectivity index (χ0n) is 63.4. The molecule has 0 saturated carbocycles. The first-order chi connectivity index (χ1) is 46.9. The summed E-state index contributed by atoms with van der Waals surface area (Å²) in [6, 6.07) is 0. The number of ether oxygens (including phenoxy) is 4. The summed E-state index contributed by atoms with van der Waals surface area (Å²) in [5.41, 5.74) is 0. The lowest BCUT2D eigenvalue weighted by Gasteiger charge is -2.21. The minimum absolute atomic E-state index is 0.107. The van der Waals surface area contributed by atoms with Crippen LogP contribution in [-0.4, -0.2) is 96.7 Å². The molecule has 0 radical (unpaired) electrons. The standard InChI is InChI=1S/C78H152O17P2/c1-7-10-12-14-16-18-20-22-27-31-35-42-48-54-60-75(80)88-66-73(94-78(83)63-57-51-45-37-33-29-25-24-26-30-34-41-47-53-59-71(6)9-3)68-92-96(84,85)90-64-72(79)65-91-97(86,87)93-69-74(67-89-76(81)61-55-49-43-39-38-40-46-52-58-70(4)5)95-77(82)62-56-50-44-36-32-28-23-21-19-17-15-13-11-8-2/h70-74,79H,7-69H2,1-6H3,(H,84,85)(H,86,87)/t71?,72-,73-,74-/m1/s1. The summed E-state index contributed by atoms with van der Waals surface area (Å²) in [5.74, 6) is -0.538. The first-order valence-electron chi connectivity index (χ1n) is 40.5. The maximum Gasteiger partial charge on any atom is 0.472 e. The van der Waals surface area contributed by atoms with Gasteiger partial charge in [-0.15, -0.1) is 0 Å². The van der Waals surface area contributed by atoms with Crippen molar-refractivity contribution >= 4 is 39.5 Å². The highest BCUT2D eigenvalue weighted by molar-refractivity contribution is 7.47. The number of esters is 4. The van der Waals surface area contributed by atoms with E-state index in [4.69, 9.17) is 37.0 Å². The van der Waals surface area contributed by atoms with Gasteiger partial charge in [0.15, 0.2) is 12.2 Å². The molecule has 0 aromatic heterocycles. The van der Waals surface area contributed by atoms with Gasteiger partial charge in [0.2, 0.25) is 0 Å². The lowest BCUT2D eigenvalue weighted by molar-refractivity contribution is -0.161. The van der Waals surface area contributed by atoms with Gasteiger partial charge >= 0.3 is 39.5 Å². The topological polar surface area (TPSA) is 237 Å². The quantitative estimate of drug-likeness (QED) is 0.0222. The smallest absolute Gasteiger partial charge is 0.462 e. The number of hydrogen-bond donors (Lipinski definition) is 3. The van der Waals surface area contributed by atoms with Crippen LogP contribution >= 0.6 is 15.6 Å². The minimum Gasteiger partial charge on any atom is -0.462 e. The van der Waals surface area contributed by atoms with E-state index in [-0.39, 0.29) is 25.7 Å². The SMILES string of the molecule is CCCCCCCCCCCCCCCCC(=O)OC[C@H](COP(=O)(O)OC[C@@H](O)COP(=O)(O)OC[C@@H](COC(=O)CCCCCCCCCCC(C)C)OC(=O)CCCCCCCCCCCCCCCC)OC(=O)CCCCCCCCCCCCCCCCC(C)CC. The van der Waals surface area contributed by atoms with E-state index < -0.39 is 97.5 Å². The van der Waals surface area contributed by atoms with Gasteiger partial charge in [-0.05, 0) is 37.5 Å². The molecule has 0 saturated heterocycles. The highest BCUT2D eigenvalue weighted by Crippen LogP contribution is 2.45. The Hall–Kier alpha value is -1.94. The second-order valence-electron chi connectivity index (χ2n) is 28.8. The van der Waals surface area contributed by atoms with E-state index in [0.29, 0.717) is 25.7 Å². The van der Waals surface area contributed by atoms with Crippen molar-refractivity contribution < 1.29 is 80.2 Å². The number of phosphoric ester groups is 2. The molecule has 576 valence electrons. The fraction of sp³-hybridized carbons (Fsp3) is 0.949. The third kappa shape index (κ3) is 70.9. The molecule has 0 heterocycles. The lowest BCUT2D eigenvalue weighted by atomic mass is 9.99. The second kappa shape index (κ2) is 69.8. The molecular weight excluding hydrogens is 1270 g/mol. The average Bonchev–Trinajstić information content (AvgIpc) is 1.33. The molecule has 3 unspecified atom stereocenters. The summed E-state index contributed by atoms with van der Waals surface area (Å²) >= 11 is 0. The lowest BCUT2D eigenvalue weighted by Crippen LogP contribution is -2.30. The van der Waals surface area contributed by atoms with Crippen LogP contribution in [0.1, 0.15) is 408 Å². The van der Waals surface area contributed by atoms with Gasteiger partial charge in [-0.1, -0.05) is 356 Å². The van der Waals surface area contributed by atoms with Crippen LogP contribution in [0.2, 0.25) is 0 Å². The normalized spacial score (nSPS) is 14.2. The third-order valence-electron chi connectivity index (χ3n) is 18.6. The fourth-order valence-electron chi connectivity index (χ4n) is 12.0. The summed E-state index contributed by atoms with van der Waals surface area (Å²) in [7, 11) is -9.91. The zero-order chi connectivity index (χ0) is 71.4. The molecule has 0 aromatic rings. The monoisotopic (exact) mass is 1420 g/mol. The van der Waals surface area contributed by atoms with Crippen molar-refractivity contribution in [2.75, 3.05) is 39.6 Å². The Morgan fingerprint density at radius 2 is 0.526 bits per heavy atom. The van der Waals surface area contributed by atoms with Gasteiger partial charge in [0.1, 0.15) is 19.3 Å². The molecule has 0 aliphatic heterocycles. The number of unbranched alkanes of at least 4 members (excludes halogenated alkanes) is 46. The zero-order valence-corrected chi connectivity index (χ0v) is 65.2. The van der Waals surface area contributed by atoms with Crippen LogP contribution in [0.15, 0.2) is 0 Å². The van der Waals surface area contributed by atoms with Gasteiger partial charge in [-0.3, -0.25) is 37.3 Å². The van der Waals surface area contributed by atoms with E-state index in [0.717, 1.165) is 102 Å². The van der Waals surface area contributed by atoms with Gasteiger partial charge in [0.05, 0.1) is 26.4 Å². The first-order valence-corrected chi connectivity index (χ1v) is 43.5. The first kappa shape index (κ1) is 95.1. The van der Waals surface area contributed by atoms with E-state index in [2.05, 4.69) is 41.5 Å². The molecule has 97 heavy (non-hydrogen) atoms. The maximum absolute atomic E-state index is 13.1. The number of aliphatic hydroxyl groups is 1. The van der Waals surface area contributed by atoms with Gasteiger partial charge in [0.25, 0.3) is 0 Å². The number of carbonyl (C=O) groups is 4. The van der Waals surface area contributed by atoms with E-state index in [1.165, 1.54) is 225 Å². The van der Waals surface area contributed by atoms with E-state index in [1.807, 2.05) is 0 Å². The van der Waals surface area contributed by atoms with Crippen molar-refractivity contribution in [1.29, 1.82) is 0 Å². The van der Waals surface area contributed by atoms with Crippen molar-refractivity contribution in [3.8, 4) is 0 Å². The average molecular weight is 1420 g/mol. The van der Waals surface area contributed by atoms with Gasteiger partial charge in [-0.25, -0.2) is 9.13 Å². The fourth-order valence-corrected chi connectivity index (χ4v) is 13.6. The Labute approximate surface area is 594 Å². The van der Waals surface area contributed by atoms with Crippen LogP contribution in [0.25, 0.3) is 0 Å². The van der Waals surface area contributed by atoms with Gasteiger partial charge in [-0.2, -0.15) is 0 Å². The predicted octanol–water partition coefficient (Wildman–Crippen LogP) is 23.1. The number of phosphoric acid groups is 2. The van der Waals surface area contributed by atoms with E-state index in [9.17, 15) is 43.2 Å². The Balaban J connectivity index is 5.26. The molecule has 0 aliphatic rings. The van der Waals surface area contributed by atoms with Gasteiger partial charge < -0.3 is 33.8 Å². The largest absolute Gasteiger partial charge is 0.472 e. The van der Waals surface area contributed by atoms with Crippen LogP contribution in [0, 0.1) is 11.8 Å². The third-order valence-corrected chi connectivity index (χ3v) is 20.5. The summed E-state index contributed by atoms with van der Waals surface area (Å²) in [4.78, 5) is 72.9. The summed E-state index contributed by atoms with van der Waals surface area (Å²) in [6.45, 7) is 9.64. The summed E-state index contributed by atoms with van der Waals surface area (Å²) < 4.78 is 68.6. The van der Waals surface area contributed by atoms with Crippen molar-refractivity contribution in [2.45, 2.75) is 426 Å². The Morgan fingerprint density at radius 1 is 0.299 bits per heavy atom. The second-order valence-corrected chi connectivity index (χ2v) is 31.7. The van der Waals surface area contributed by atoms with Crippen LogP contribution in [0.3, 0.4) is 0 Å². The van der Waals surface area contributed by atoms with Crippen LogP contribution in [-0.2, 0) is 65.4 Å². The Kier molecular flexibility index (Phi) is 68.4. The van der Waals surface area contributed by atoms with Crippen molar-refractivity contribution in [2.24, 2.45) is 11.8 Å². The molecule has 0 amide bonds. The van der Waals surface area contributed by atoms with Crippen molar-refractivity contribution in [3.05, 3.63) is 0 Å². The molecule has 0 rings (SSSR count). The molecule has 0 bridgehead atoms. The number of aliphatic hydroxyl groups excluding tert-OH is 1. The van der Waals surface area contributed by atoms with Crippen molar-refractivity contribution in [3.63, 3.8) is 0 Å².